The molecule has 0 fully saturated rings. The number of rotatable bonds is 9. The maximum atomic E-state index is 10.6. The molecule has 0 spiro atoms. The first-order chi connectivity index (χ1) is 7.37. The molecule has 0 aromatic carbocycles. The summed E-state index contributed by atoms with van der Waals surface area (Å²) >= 11 is 0. The van der Waals surface area contributed by atoms with Crippen LogP contribution in [0.2, 0.25) is 0 Å². The molecule has 0 aliphatic rings. The van der Waals surface area contributed by atoms with Crippen LogP contribution in [0, 0.1) is 0 Å². The van der Waals surface area contributed by atoms with Crippen molar-refractivity contribution in [3.63, 3.8) is 0 Å². The van der Waals surface area contributed by atoms with Crippen molar-refractivity contribution < 1.29 is 10.2 Å². The second-order valence-electron chi connectivity index (χ2n) is 5.50. The third kappa shape index (κ3) is 5.31. The summed E-state index contributed by atoms with van der Waals surface area (Å²) in [6.07, 6.45) is 8.00. The summed E-state index contributed by atoms with van der Waals surface area (Å²) in [5, 5.41) is 20.6. The molecule has 0 saturated heterocycles. The van der Waals surface area contributed by atoms with E-state index in [1.54, 1.807) is 13.8 Å². The van der Waals surface area contributed by atoms with E-state index in [1.807, 2.05) is 0 Å². The van der Waals surface area contributed by atoms with Crippen molar-refractivity contribution in [2.45, 2.75) is 90.3 Å². The Hall–Kier alpha value is -0.0800. The first-order valence-electron chi connectivity index (χ1n) is 6.82. The Kier molecular flexibility index (Phi) is 7.25. The van der Waals surface area contributed by atoms with Crippen molar-refractivity contribution in [1.82, 2.24) is 0 Å². The zero-order valence-electron chi connectivity index (χ0n) is 11.6. The van der Waals surface area contributed by atoms with Crippen LogP contribution in [0.3, 0.4) is 0 Å². The van der Waals surface area contributed by atoms with Crippen molar-refractivity contribution in [3.05, 3.63) is 0 Å². The molecule has 0 aromatic heterocycles. The minimum Gasteiger partial charge on any atom is -0.387 e. The number of hydrogen-bond donors (Lipinski definition) is 2. The van der Waals surface area contributed by atoms with E-state index in [4.69, 9.17) is 0 Å². The number of unbranched alkanes of at least 4 members (excludes halogenated alkanes) is 4. The van der Waals surface area contributed by atoms with Gasteiger partial charge in [0.25, 0.3) is 0 Å². The average molecular weight is 230 g/mol. The maximum Gasteiger partial charge on any atom is 0.0927 e. The van der Waals surface area contributed by atoms with Crippen molar-refractivity contribution in [3.8, 4) is 0 Å². The summed E-state index contributed by atoms with van der Waals surface area (Å²) in [4.78, 5) is 0. The normalized spacial score (nSPS) is 13.1. The summed E-state index contributed by atoms with van der Waals surface area (Å²) in [7, 11) is 0. The van der Waals surface area contributed by atoms with Crippen LogP contribution >= 0.6 is 0 Å². The minimum absolute atomic E-state index is 0.716. The summed E-state index contributed by atoms with van der Waals surface area (Å²) < 4.78 is 0. The fourth-order valence-electron chi connectivity index (χ4n) is 2.07. The molecule has 0 rings (SSSR count). The molecule has 0 amide bonds. The lowest BCUT2D eigenvalue weighted by Gasteiger charge is -2.39. The molecule has 0 aliphatic heterocycles. The fourth-order valence-corrected chi connectivity index (χ4v) is 2.07. The minimum atomic E-state index is -0.992. The van der Waals surface area contributed by atoms with E-state index in [1.165, 1.54) is 0 Å². The van der Waals surface area contributed by atoms with Gasteiger partial charge in [-0.3, -0.25) is 0 Å². The lowest BCUT2D eigenvalue weighted by molar-refractivity contribution is -0.141. The van der Waals surface area contributed by atoms with Crippen LogP contribution in [-0.4, -0.2) is 21.4 Å². The Labute approximate surface area is 101 Å². The van der Waals surface area contributed by atoms with Crippen LogP contribution in [0.5, 0.6) is 0 Å². The molecule has 2 heteroatoms. The first kappa shape index (κ1) is 15.9. The van der Waals surface area contributed by atoms with E-state index in [0.717, 1.165) is 38.5 Å². The van der Waals surface area contributed by atoms with Gasteiger partial charge in [0.1, 0.15) is 0 Å². The average Bonchev–Trinajstić information content (AvgIpc) is 2.17. The smallest absolute Gasteiger partial charge is 0.0927 e. The summed E-state index contributed by atoms with van der Waals surface area (Å²) in [5.41, 5.74) is -1.90. The highest BCUT2D eigenvalue weighted by atomic mass is 16.4. The molecule has 0 saturated carbocycles. The molecule has 0 bridgehead atoms. The van der Waals surface area contributed by atoms with E-state index >= 15 is 0 Å². The molecule has 98 valence electrons. The third-order valence-corrected chi connectivity index (χ3v) is 3.53. The molecular formula is C14H30O2. The highest BCUT2D eigenvalue weighted by Crippen LogP contribution is 2.32. The molecule has 2 nitrogen and oxygen atoms in total. The van der Waals surface area contributed by atoms with Gasteiger partial charge in [0.05, 0.1) is 11.2 Å². The fraction of sp³-hybridized carbons (Fsp3) is 1.00. The lowest BCUT2D eigenvalue weighted by Crippen LogP contribution is -2.50. The van der Waals surface area contributed by atoms with Gasteiger partial charge >= 0.3 is 0 Å². The van der Waals surface area contributed by atoms with Crippen LogP contribution in [0.15, 0.2) is 0 Å². The predicted octanol–water partition coefficient (Wildman–Crippen LogP) is 3.65. The van der Waals surface area contributed by atoms with Gasteiger partial charge in [-0.15, -0.1) is 0 Å². The molecule has 0 unspecified atom stereocenters. The van der Waals surface area contributed by atoms with Gasteiger partial charge < -0.3 is 10.2 Å². The zero-order valence-corrected chi connectivity index (χ0v) is 11.6. The van der Waals surface area contributed by atoms with E-state index in [9.17, 15) is 10.2 Å². The Morgan fingerprint density at radius 1 is 0.750 bits per heavy atom. The molecule has 0 aromatic rings. The second-order valence-corrected chi connectivity index (χ2v) is 5.50. The van der Waals surface area contributed by atoms with Crippen LogP contribution in [0.25, 0.3) is 0 Å². The highest BCUT2D eigenvalue weighted by Gasteiger charge is 2.40. The SMILES string of the molecule is CCCCCC(O)(CCCCC)C(C)(C)O. The molecule has 0 aliphatic carbocycles. The van der Waals surface area contributed by atoms with Crippen molar-refractivity contribution in [2.75, 3.05) is 0 Å². The summed E-state index contributed by atoms with van der Waals surface area (Å²) in [5.74, 6) is 0. The van der Waals surface area contributed by atoms with E-state index in [0.29, 0.717) is 12.8 Å². The van der Waals surface area contributed by atoms with Gasteiger partial charge in [0.15, 0.2) is 0 Å². The van der Waals surface area contributed by atoms with Gasteiger partial charge in [0.2, 0.25) is 0 Å². The Bertz CT molecular complexity index is 160. The third-order valence-electron chi connectivity index (χ3n) is 3.53. The van der Waals surface area contributed by atoms with Crippen molar-refractivity contribution in [2.24, 2.45) is 0 Å². The Balaban J connectivity index is 4.26. The van der Waals surface area contributed by atoms with Crippen LogP contribution in [-0.2, 0) is 0 Å². The van der Waals surface area contributed by atoms with Crippen LogP contribution < -0.4 is 0 Å². The Morgan fingerprint density at radius 2 is 1.12 bits per heavy atom. The van der Waals surface area contributed by atoms with Crippen LogP contribution in [0.4, 0.5) is 0 Å². The zero-order chi connectivity index (χ0) is 12.7. The van der Waals surface area contributed by atoms with Gasteiger partial charge in [-0.05, 0) is 26.7 Å². The monoisotopic (exact) mass is 230 g/mol. The molecule has 16 heavy (non-hydrogen) atoms. The standard InChI is InChI=1S/C14H30O2/c1-5-7-9-11-14(16,13(3,4)15)12-10-8-6-2/h15-16H,5-12H2,1-4H3. The predicted molar refractivity (Wildman–Crippen MR) is 69.5 cm³/mol. The topological polar surface area (TPSA) is 40.5 Å². The first-order valence-corrected chi connectivity index (χ1v) is 6.82. The Morgan fingerprint density at radius 3 is 1.38 bits per heavy atom. The van der Waals surface area contributed by atoms with E-state index in [2.05, 4.69) is 13.8 Å². The number of hydrogen-bond acceptors (Lipinski definition) is 2. The molecular weight excluding hydrogens is 200 g/mol. The van der Waals surface area contributed by atoms with Crippen molar-refractivity contribution in [1.29, 1.82) is 0 Å². The quantitative estimate of drug-likeness (QED) is 0.594. The molecule has 0 heterocycles. The van der Waals surface area contributed by atoms with Gasteiger partial charge in [-0.25, -0.2) is 0 Å². The van der Waals surface area contributed by atoms with Gasteiger partial charge in [0, 0.05) is 0 Å². The maximum absolute atomic E-state index is 10.6. The molecule has 0 atom stereocenters. The van der Waals surface area contributed by atoms with Gasteiger partial charge in [-0.1, -0.05) is 52.4 Å². The van der Waals surface area contributed by atoms with E-state index < -0.39 is 11.2 Å². The van der Waals surface area contributed by atoms with Crippen molar-refractivity contribution >= 4 is 0 Å². The molecule has 0 radical (unpaired) electrons. The highest BCUT2D eigenvalue weighted by molar-refractivity contribution is 4.93. The number of aliphatic hydroxyl groups is 2. The molecule has 2 N–H and O–H groups in total. The van der Waals surface area contributed by atoms with E-state index in [-0.39, 0.29) is 0 Å². The van der Waals surface area contributed by atoms with Crippen LogP contribution in [0.1, 0.15) is 79.1 Å². The lowest BCUT2D eigenvalue weighted by atomic mass is 9.78. The second kappa shape index (κ2) is 7.29. The summed E-state index contributed by atoms with van der Waals surface area (Å²) in [6.45, 7) is 7.76. The largest absolute Gasteiger partial charge is 0.387 e. The summed E-state index contributed by atoms with van der Waals surface area (Å²) in [6, 6.07) is 0. The van der Waals surface area contributed by atoms with Gasteiger partial charge in [-0.2, -0.15) is 0 Å².